The van der Waals surface area contributed by atoms with E-state index in [1.165, 1.54) is 6.07 Å². The molecule has 0 saturated carbocycles. The molecule has 32 heavy (non-hydrogen) atoms. The Balaban J connectivity index is 1.56. The zero-order chi connectivity index (χ0) is 22.3. The second-order valence-electron chi connectivity index (χ2n) is 7.40. The molecule has 0 fully saturated rings. The number of sulfonamides is 1. The molecule has 0 aliphatic heterocycles. The minimum Gasteiger partial charge on any atom is -0.324 e. The van der Waals surface area contributed by atoms with Gasteiger partial charge in [0.1, 0.15) is 5.82 Å². The number of H-pyrrole nitrogens is 1. The standard InChI is InChI=1S/C22H19N7O2S/c1-14-24-18-6-2-3-7-19(18)29(14)13-15-9-11-16(12-10-15)17-5-4-8-20(32(23,30)31)21(17)22-25-27-28-26-22/h2-12H,13H2,1H3,(H2,23,30,31)(H,25,26,27,28). The summed E-state index contributed by atoms with van der Waals surface area (Å²) in [6.45, 7) is 2.66. The minimum absolute atomic E-state index is 0.0434. The summed E-state index contributed by atoms with van der Waals surface area (Å²) in [5, 5.41) is 19.2. The van der Waals surface area contributed by atoms with Crippen LogP contribution >= 0.6 is 0 Å². The number of nitrogens with two attached hydrogens (primary N) is 1. The van der Waals surface area contributed by atoms with E-state index in [4.69, 9.17) is 5.14 Å². The highest BCUT2D eigenvalue weighted by molar-refractivity contribution is 7.89. The van der Waals surface area contributed by atoms with Crippen LogP contribution in [0.15, 0.2) is 71.6 Å². The van der Waals surface area contributed by atoms with Gasteiger partial charge in [-0.1, -0.05) is 48.5 Å². The fraction of sp³-hybridized carbons (Fsp3) is 0.0909. The Hall–Kier alpha value is -3.89. The summed E-state index contributed by atoms with van der Waals surface area (Å²) in [5.74, 6) is 1.17. The van der Waals surface area contributed by atoms with Gasteiger partial charge in [-0.3, -0.25) is 0 Å². The van der Waals surface area contributed by atoms with Crippen molar-refractivity contribution in [2.45, 2.75) is 18.4 Å². The van der Waals surface area contributed by atoms with Crippen molar-refractivity contribution in [3.05, 3.63) is 78.1 Å². The van der Waals surface area contributed by atoms with Gasteiger partial charge in [0.05, 0.1) is 15.9 Å². The molecule has 0 saturated heterocycles. The van der Waals surface area contributed by atoms with Crippen LogP contribution < -0.4 is 5.14 Å². The molecule has 0 atom stereocenters. The number of aryl methyl sites for hydroxylation is 1. The molecule has 0 amide bonds. The number of nitrogens with zero attached hydrogens (tertiary/aromatic N) is 5. The number of aromatic nitrogens is 6. The Bertz CT molecular complexity index is 1520. The first-order valence-corrected chi connectivity index (χ1v) is 11.4. The molecule has 5 rings (SSSR count). The molecular weight excluding hydrogens is 426 g/mol. The summed E-state index contributed by atoms with van der Waals surface area (Å²) in [6, 6.07) is 20.8. The molecule has 0 aliphatic rings. The van der Waals surface area contributed by atoms with Crippen molar-refractivity contribution in [3.63, 3.8) is 0 Å². The molecule has 3 N–H and O–H groups in total. The van der Waals surface area contributed by atoms with E-state index in [1.54, 1.807) is 6.07 Å². The van der Waals surface area contributed by atoms with Crippen molar-refractivity contribution in [2.24, 2.45) is 5.14 Å². The van der Waals surface area contributed by atoms with Crippen LogP contribution in [0, 0.1) is 6.92 Å². The predicted molar refractivity (Wildman–Crippen MR) is 120 cm³/mol. The topological polar surface area (TPSA) is 132 Å². The van der Waals surface area contributed by atoms with E-state index < -0.39 is 10.0 Å². The minimum atomic E-state index is -3.98. The third-order valence-electron chi connectivity index (χ3n) is 5.37. The second kappa shape index (κ2) is 7.66. The van der Waals surface area contributed by atoms with Crippen molar-refractivity contribution >= 4 is 21.1 Å². The SMILES string of the molecule is Cc1nc2ccccc2n1Cc1ccc(-c2cccc(S(N)(=O)=O)c2-c2nnn[nH]2)cc1. The summed E-state index contributed by atoms with van der Waals surface area (Å²) >= 11 is 0. The number of benzene rings is 3. The van der Waals surface area contributed by atoms with Gasteiger partial charge in [-0.15, -0.1) is 5.10 Å². The van der Waals surface area contributed by atoms with Crippen LogP contribution in [-0.2, 0) is 16.6 Å². The number of tetrazole rings is 1. The van der Waals surface area contributed by atoms with Gasteiger partial charge in [0, 0.05) is 12.1 Å². The number of fused-ring (bicyclic) bond motifs is 1. The fourth-order valence-corrected chi connectivity index (χ4v) is 4.65. The Morgan fingerprint density at radius 2 is 1.78 bits per heavy atom. The van der Waals surface area contributed by atoms with Crippen molar-refractivity contribution in [3.8, 4) is 22.5 Å². The zero-order valence-electron chi connectivity index (χ0n) is 17.1. The fourth-order valence-electron chi connectivity index (χ4n) is 3.89. The molecule has 0 radical (unpaired) electrons. The second-order valence-corrected chi connectivity index (χ2v) is 8.93. The lowest BCUT2D eigenvalue weighted by Gasteiger charge is -2.13. The third kappa shape index (κ3) is 3.55. The van der Waals surface area contributed by atoms with Crippen LogP contribution in [0.25, 0.3) is 33.5 Å². The van der Waals surface area contributed by atoms with E-state index in [-0.39, 0.29) is 10.7 Å². The maximum Gasteiger partial charge on any atom is 0.238 e. The zero-order valence-corrected chi connectivity index (χ0v) is 17.9. The maximum atomic E-state index is 12.2. The van der Waals surface area contributed by atoms with Gasteiger partial charge in [0.15, 0.2) is 5.82 Å². The summed E-state index contributed by atoms with van der Waals surface area (Å²) in [7, 11) is -3.98. The average Bonchev–Trinajstić information content (AvgIpc) is 3.42. The van der Waals surface area contributed by atoms with Crippen LogP contribution in [-0.4, -0.2) is 38.6 Å². The van der Waals surface area contributed by atoms with Crippen molar-refractivity contribution < 1.29 is 8.42 Å². The Labute approximate surface area is 184 Å². The number of para-hydroxylation sites is 2. The van der Waals surface area contributed by atoms with Crippen LogP contribution in [0.3, 0.4) is 0 Å². The van der Waals surface area contributed by atoms with Gasteiger partial charge in [-0.25, -0.2) is 23.6 Å². The first-order chi connectivity index (χ1) is 15.4. The number of primary sulfonamides is 1. The van der Waals surface area contributed by atoms with E-state index in [9.17, 15) is 8.42 Å². The highest BCUT2D eigenvalue weighted by Crippen LogP contribution is 2.35. The van der Waals surface area contributed by atoms with E-state index in [2.05, 4.69) is 36.2 Å². The molecular formula is C22H19N7O2S. The normalized spacial score (nSPS) is 11.8. The van der Waals surface area contributed by atoms with E-state index in [1.807, 2.05) is 55.5 Å². The van der Waals surface area contributed by atoms with Crippen molar-refractivity contribution in [2.75, 3.05) is 0 Å². The molecule has 0 aliphatic carbocycles. The van der Waals surface area contributed by atoms with Gasteiger partial charge >= 0.3 is 0 Å². The first-order valence-electron chi connectivity index (χ1n) is 9.83. The molecule has 2 aromatic heterocycles. The monoisotopic (exact) mass is 445 g/mol. The Morgan fingerprint density at radius 1 is 1.00 bits per heavy atom. The largest absolute Gasteiger partial charge is 0.324 e. The summed E-state index contributed by atoms with van der Waals surface area (Å²) in [4.78, 5) is 4.58. The quantitative estimate of drug-likeness (QED) is 0.427. The molecule has 9 nitrogen and oxygen atoms in total. The lowest BCUT2D eigenvalue weighted by molar-refractivity contribution is 0.598. The lowest BCUT2D eigenvalue weighted by atomic mass is 9.98. The van der Waals surface area contributed by atoms with Gasteiger partial charge in [-0.2, -0.15) is 0 Å². The average molecular weight is 446 g/mol. The van der Waals surface area contributed by atoms with E-state index >= 15 is 0 Å². The Kier molecular flexibility index (Phi) is 4.80. The summed E-state index contributed by atoms with van der Waals surface area (Å²) in [5.41, 5.74) is 4.94. The molecule has 5 aromatic rings. The molecule has 10 heteroatoms. The first kappa shape index (κ1) is 20.0. The number of rotatable bonds is 5. The van der Waals surface area contributed by atoms with E-state index in [0.29, 0.717) is 17.7 Å². The molecule has 2 heterocycles. The van der Waals surface area contributed by atoms with E-state index in [0.717, 1.165) is 28.0 Å². The molecule has 0 spiro atoms. The van der Waals surface area contributed by atoms with Gasteiger partial charge in [-0.05, 0) is 52.2 Å². The molecule has 160 valence electrons. The highest BCUT2D eigenvalue weighted by Gasteiger charge is 2.22. The van der Waals surface area contributed by atoms with Gasteiger partial charge in [0.25, 0.3) is 0 Å². The molecule has 0 unspecified atom stereocenters. The predicted octanol–water partition coefficient (Wildman–Crippen LogP) is 2.89. The number of aromatic amines is 1. The molecule has 0 bridgehead atoms. The number of nitrogens with one attached hydrogen (secondary N) is 1. The molecule has 3 aromatic carbocycles. The number of hydrogen-bond acceptors (Lipinski definition) is 6. The third-order valence-corrected chi connectivity index (χ3v) is 6.32. The summed E-state index contributed by atoms with van der Waals surface area (Å²) < 4.78 is 26.5. The van der Waals surface area contributed by atoms with Crippen LogP contribution in [0.1, 0.15) is 11.4 Å². The lowest BCUT2D eigenvalue weighted by Crippen LogP contribution is -2.14. The van der Waals surface area contributed by atoms with Crippen LogP contribution in [0.5, 0.6) is 0 Å². The summed E-state index contributed by atoms with van der Waals surface area (Å²) in [6.07, 6.45) is 0. The van der Waals surface area contributed by atoms with Crippen molar-refractivity contribution in [1.82, 2.24) is 30.2 Å². The van der Waals surface area contributed by atoms with Crippen molar-refractivity contribution in [1.29, 1.82) is 0 Å². The Morgan fingerprint density at radius 3 is 2.50 bits per heavy atom. The highest BCUT2D eigenvalue weighted by atomic mass is 32.2. The maximum absolute atomic E-state index is 12.2. The number of hydrogen-bond donors (Lipinski definition) is 2. The number of imidazole rings is 1. The smallest absolute Gasteiger partial charge is 0.238 e. The van der Waals surface area contributed by atoms with Gasteiger partial charge < -0.3 is 4.57 Å². The van der Waals surface area contributed by atoms with Gasteiger partial charge in [0.2, 0.25) is 10.0 Å². The van der Waals surface area contributed by atoms with Crippen LogP contribution in [0.2, 0.25) is 0 Å². The van der Waals surface area contributed by atoms with Crippen LogP contribution in [0.4, 0.5) is 0 Å².